The third-order valence-corrected chi connectivity index (χ3v) is 3.31. The van der Waals surface area contributed by atoms with E-state index in [0.717, 1.165) is 11.3 Å². The van der Waals surface area contributed by atoms with Crippen molar-refractivity contribution in [2.75, 3.05) is 5.73 Å². The third-order valence-electron chi connectivity index (χ3n) is 2.99. The standard InChI is InChI=1S/C15H13ClN4O/c1-10-7-13(17)12(16)8-14(10)21-15-18-9-20(19-15)11-5-3-2-4-6-11/h2-9H,17H2,1H3. The van der Waals surface area contributed by atoms with Crippen molar-refractivity contribution in [2.45, 2.75) is 6.92 Å². The van der Waals surface area contributed by atoms with Gasteiger partial charge in [0.05, 0.1) is 16.4 Å². The maximum Gasteiger partial charge on any atom is 0.341 e. The van der Waals surface area contributed by atoms with Crippen LogP contribution in [0.5, 0.6) is 11.8 Å². The Kier molecular flexibility index (Phi) is 3.50. The lowest BCUT2D eigenvalue weighted by Crippen LogP contribution is -1.96. The summed E-state index contributed by atoms with van der Waals surface area (Å²) in [6, 6.07) is 13.3. The number of aromatic nitrogens is 3. The lowest BCUT2D eigenvalue weighted by molar-refractivity contribution is 0.438. The molecular weight excluding hydrogens is 288 g/mol. The molecule has 0 atom stereocenters. The molecule has 21 heavy (non-hydrogen) atoms. The molecule has 1 heterocycles. The minimum atomic E-state index is 0.253. The zero-order valence-corrected chi connectivity index (χ0v) is 12.1. The quantitative estimate of drug-likeness (QED) is 0.750. The normalized spacial score (nSPS) is 10.6. The molecule has 6 heteroatoms. The number of hydrogen-bond donors (Lipinski definition) is 1. The average Bonchev–Trinajstić information content (AvgIpc) is 2.94. The molecule has 3 rings (SSSR count). The number of rotatable bonds is 3. The van der Waals surface area contributed by atoms with Crippen LogP contribution in [0.15, 0.2) is 48.8 Å². The predicted molar refractivity (Wildman–Crippen MR) is 82.0 cm³/mol. The van der Waals surface area contributed by atoms with Crippen molar-refractivity contribution >= 4 is 17.3 Å². The van der Waals surface area contributed by atoms with Gasteiger partial charge < -0.3 is 10.5 Å². The van der Waals surface area contributed by atoms with E-state index in [1.807, 2.05) is 37.3 Å². The lowest BCUT2D eigenvalue weighted by atomic mass is 10.2. The lowest BCUT2D eigenvalue weighted by Gasteiger charge is -2.07. The number of para-hydroxylation sites is 1. The molecule has 0 unspecified atom stereocenters. The van der Waals surface area contributed by atoms with Crippen LogP contribution in [0.2, 0.25) is 5.02 Å². The number of halogens is 1. The van der Waals surface area contributed by atoms with Gasteiger partial charge in [0.1, 0.15) is 12.1 Å². The second-order valence-corrected chi connectivity index (χ2v) is 4.96. The van der Waals surface area contributed by atoms with Crippen LogP contribution >= 0.6 is 11.6 Å². The van der Waals surface area contributed by atoms with E-state index >= 15 is 0 Å². The highest BCUT2D eigenvalue weighted by Crippen LogP contribution is 2.30. The summed E-state index contributed by atoms with van der Waals surface area (Å²) in [7, 11) is 0. The number of nitrogens with zero attached hydrogens (tertiary/aromatic N) is 3. The molecule has 2 aromatic carbocycles. The van der Waals surface area contributed by atoms with Crippen LogP contribution in [-0.2, 0) is 0 Å². The van der Waals surface area contributed by atoms with E-state index in [1.165, 1.54) is 0 Å². The van der Waals surface area contributed by atoms with Gasteiger partial charge in [-0.25, -0.2) is 4.68 Å². The number of aryl methyl sites for hydroxylation is 1. The average molecular weight is 301 g/mol. The third kappa shape index (κ3) is 2.83. The maximum atomic E-state index is 6.00. The van der Waals surface area contributed by atoms with Crippen LogP contribution in [0.3, 0.4) is 0 Å². The monoisotopic (exact) mass is 300 g/mol. The molecule has 0 aliphatic carbocycles. The Hall–Kier alpha value is -2.53. The zero-order chi connectivity index (χ0) is 14.8. The molecule has 106 valence electrons. The summed E-state index contributed by atoms with van der Waals surface area (Å²) in [4.78, 5) is 4.14. The molecule has 0 spiro atoms. The van der Waals surface area contributed by atoms with Gasteiger partial charge in [-0.3, -0.25) is 0 Å². The fourth-order valence-corrected chi connectivity index (χ4v) is 2.05. The van der Waals surface area contributed by atoms with E-state index in [2.05, 4.69) is 10.1 Å². The van der Waals surface area contributed by atoms with Crippen LogP contribution in [0.4, 0.5) is 5.69 Å². The van der Waals surface area contributed by atoms with Gasteiger partial charge in [0.2, 0.25) is 0 Å². The highest BCUT2D eigenvalue weighted by molar-refractivity contribution is 6.33. The number of nitrogens with two attached hydrogens (primary N) is 1. The van der Waals surface area contributed by atoms with Crippen LogP contribution < -0.4 is 10.5 Å². The van der Waals surface area contributed by atoms with Crippen LogP contribution in [0.25, 0.3) is 5.69 Å². The first-order chi connectivity index (χ1) is 10.1. The van der Waals surface area contributed by atoms with E-state index in [1.54, 1.807) is 23.1 Å². The Bertz CT molecular complexity index is 771. The first-order valence-corrected chi connectivity index (χ1v) is 6.72. The Morgan fingerprint density at radius 1 is 1.19 bits per heavy atom. The Labute approximate surface area is 126 Å². The fraction of sp³-hybridized carbons (Fsp3) is 0.0667. The fourth-order valence-electron chi connectivity index (χ4n) is 1.89. The molecule has 0 aliphatic rings. The Morgan fingerprint density at radius 3 is 2.71 bits per heavy atom. The first kappa shape index (κ1) is 13.5. The number of benzene rings is 2. The van der Waals surface area contributed by atoms with Gasteiger partial charge in [0.25, 0.3) is 0 Å². The minimum Gasteiger partial charge on any atom is -0.423 e. The summed E-state index contributed by atoms with van der Waals surface area (Å²) in [6.45, 7) is 1.89. The van der Waals surface area contributed by atoms with Crippen LogP contribution in [0.1, 0.15) is 5.56 Å². The Balaban J connectivity index is 1.87. The molecule has 0 radical (unpaired) electrons. The SMILES string of the molecule is Cc1cc(N)c(Cl)cc1Oc1ncn(-c2ccccc2)n1. The molecule has 1 aromatic heterocycles. The molecule has 0 saturated heterocycles. The number of nitrogen functional groups attached to an aromatic ring is 1. The van der Waals surface area contributed by atoms with Gasteiger partial charge in [0, 0.05) is 6.07 Å². The van der Waals surface area contributed by atoms with Crippen molar-refractivity contribution in [1.29, 1.82) is 0 Å². The maximum absolute atomic E-state index is 6.00. The topological polar surface area (TPSA) is 66.0 Å². The molecule has 3 aromatic rings. The van der Waals surface area contributed by atoms with E-state index < -0.39 is 0 Å². The highest BCUT2D eigenvalue weighted by atomic mass is 35.5. The van der Waals surface area contributed by atoms with Gasteiger partial charge in [-0.2, -0.15) is 4.98 Å². The summed E-state index contributed by atoms with van der Waals surface area (Å²) in [5, 5.41) is 4.72. The zero-order valence-electron chi connectivity index (χ0n) is 11.3. The number of ether oxygens (including phenoxy) is 1. The van der Waals surface area contributed by atoms with Crippen molar-refractivity contribution in [3.8, 4) is 17.4 Å². The molecule has 2 N–H and O–H groups in total. The van der Waals surface area contributed by atoms with E-state index in [4.69, 9.17) is 22.1 Å². The van der Waals surface area contributed by atoms with Crippen molar-refractivity contribution in [3.05, 3.63) is 59.4 Å². The molecule has 0 saturated carbocycles. The molecule has 0 fully saturated rings. The van der Waals surface area contributed by atoms with Crippen molar-refractivity contribution in [3.63, 3.8) is 0 Å². The van der Waals surface area contributed by atoms with Crippen molar-refractivity contribution < 1.29 is 4.74 Å². The summed E-state index contributed by atoms with van der Waals surface area (Å²) in [6.07, 6.45) is 1.60. The second kappa shape index (κ2) is 5.46. The van der Waals surface area contributed by atoms with E-state index in [0.29, 0.717) is 16.5 Å². The van der Waals surface area contributed by atoms with Gasteiger partial charge in [0.15, 0.2) is 0 Å². The highest BCUT2D eigenvalue weighted by Gasteiger charge is 2.09. The van der Waals surface area contributed by atoms with E-state index in [9.17, 15) is 0 Å². The molecule has 0 aliphatic heterocycles. The summed E-state index contributed by atoms with van der Waals surface area (Å²) >= 11 is 6.00. The van der Waals surface area contributed by atoms with Gasteiger partial charge in [-0.05, 0) is 30.7 Å². The smallest absolute Gasteiger partial charge is 0.341 e. The molecule has 0 amide bonds. The van der Waals surface area contributed by atoms with Gasteiger partial charge >= 0.3 is 6.01 Å². The summed E-state index contributed by atoms with van der Waals surface area (Å²) in [5.41, 5.74) is 8.04. The Morgan fingerprint density at radius 2 is 1.95 bits per heavy atom. The largest absolute Gasteiger partial charge is 0.423 e. The van der Waals surface area contributed by atoms with Gasteiger partial charge in [-0.15, -0.1) is 5.10 Å². The number of anilines is 1. The van der Waals surface area contributed by atoms with Crippen molar-refractivity contribution in [2.24, 2.45) is 0 Å². The molecule has 0 bridgehead atoms. The molecule has 5 nitrogen and oxygen atoms in total. The van der Waals surface area contributed by atoms with Crippen LogP contribution in [-0.4, -0.2) is 14.8 Å². The van der Waals surface area contributed by atoms with Crippen LogP contribution in [0, 0.1) is 6.92 Å². The molecular formula is C15H13ClN4O. The second-order valence-electron chi connectivity index (χ2n) is 4.55. The first-order valence-electron chi connectivity index (χ1n) is 6.34. The predicted octanol–water partition coefficient (Wildman–Crippen LogP) is 3.60. The van der Waals surface area contributed by atoms with Gasteiger partial charge in [-0.1, -0.05) is 29.8 Å². The number of hydrogen-bond acceptors (Lipinski definition) is 4. The van der Waals surface area contributed by atoms with E-state index in [-0.39, 0.29) is 6.01 Å². The van der Waals surface area contributed by atoms with Crippen molar-refractivity contribution in [1.82, 2.24) is 14.8 Å². The summed E-state index contributed by atoms with van der Waals surface area (Å²) in [5.74, 6) is 0.583. The minimum absolute atomic E-state index is 0.253. The summed E-state index contributed by atoms with van der Waals surface area (Å²) < 4.78 is 7.31.